The minimum atomic E-state index is -1.09. The first kappa shape index (κ1) is 40.0. The molecule has 5 atom stereocenters. The minimum absolute atomic E-state index is 0.0161. The second-order valence-electron chi connectivity index (χ2n) is 14.4. The Morgan fingerprint density at radius 2 is 0.920 bits per heavy atom. The summed E-state index contributed by atoms with van der Waals surface area (Å²) < 4.78 is 10.9. The molecule has 272 valence electrons. The Balaban J connectivity index is 1.73. The molecule has 0 aliphatic heterocycles. The number of rotatable bonds is 16. The number of carbonyl (C=O) groups excluding carboxylic acids is 3. The molecule has 0 heterocycles. The highest BCUT2D eigenvalue weighted by Crippen LogP contribution is 2.13. The highest BCUT2D eigenvalue weighted by molar-refractivity contribution is 5.86. The van der Waals surface area contributed by atoms with E-state index in [0.717, 1.165) is 16.7 Å². The molecule has 0 aliphatic carbocycles. The molecule has 50 heavy (non-hydrogen) atoms. The van der Waals surface area contributed by atoms with Gasteiger partial charge in [0, 0.05) is 19.5 Å². The van der Waals surface area contributed by atoms with Crippen LogP contribution < -0.4 is 21.3 Å². The van der Waals surface area contributed by atoms with E-state index in [1.165, 1.54) is 0 Å². The summed E-state index contributed by atoms with van der Waals surface area (Å²) in [6.45, 7) is 10.6. The Bertz CT molecular complexity index is 1460. The largest absolute Gasteiger partial charge is 0.444 e. The van der Waals surface area contributed by atoms with Crippen LogP contribution in [0.25, 0.3) is 0 Å². The van der Waals surface area contributed by atoms with Gasteiger partial charge in [-0.15, -0.1) is 0 Å². The topological polar surface area (TPSA) is 158 Å². The van der Waals surface area contributed by atoms with Gasteiger partial charge in [0.1, 0.15) is 17.2 Å². The molecule has 3 rings (SSSR count). The number of alkyl carbamates (subject to hydrolysis) is 2. The van der Waals surface area contributed by atoms with E-state index in [2.05, 4.69) is 21.3 Å². The number of benzene rings is 3. The van der Waals surface area contributed by atoms with Crippen molar-refractivity contribution in [2.75, 3.05) is 13.1 Å². The van der Waals surface area contributed by atoms with Gasteiger partial charge in [0.25, 0.3) is 0 Å². The number of carbonyl (C=O) groups is 3. The second-order valence-corrected chi connectivity index (χ2v) is 14.4. The molecule has 0 fully saturated rings. The summed E-state index contributed by atoms with van der Waals surface area (Å²) in [6.07, 6.45) is -2.63. The van der Waals surface area contributed by atoms with E-state index < -0.39 is 59.6 Å². The number of ether oxygens (including phenoxy) is 2. The van der Waals surface area contributed by atoms with Crippen LogP contribution in [0.3, 0.4) is 0 Å². The van der Waals surface area contributed by atoms with Crippen LogP contribution in [0.2, 0.25) is 0 Å². The Labute approximate surface area is 296 Å². The van der Waals surface area contributed by atoms with Crippen molar-refractivity contribution >= 4 is 18.1 Å². The van der Waals surface area contributed by atoms with Crippen LogP contribution in [-0.2, 0) is 33.5 Å². The van der Waals surface area contributed by atoms with Gasteiger partial charge >= 0.3 is 12.2 Å². The van der Waals surface area contributed by atoms with Gasteiger partial charge < -0.3 is 41.0 Å². The van der Waals surface area contributed by atoms with Gasteiger partial charge in [-0.2, -0.15) is 0 Å². The number of hydrogen-bond donors (Lipinski definition) is 6. The third-order valence-corrected chi connectivity index (χ3v) is 7.55. The summed E-state index contributed by atoms with van der Waals surface area (Å²) in [5, 5.41) is 34.2. The molecular formula is C39H54N4O7. The van der Waals surface area contributed by atoms with Crippen molar-refractivity contribution in [3.8, 4) is 0 Å². The van der Waals surface area contributed by atoms with Gasteiger partial charge in [0.05, 0.1) is 24.3 Å². The highest BCUT2D eigenvalue weighted by Gasteiger charge is 2.30. The Morgan fingerprint density at radius 3 is 1.32 bits per heavy atom. The lowest BCUT2D eigenvalue weighted by molar-refractivity contribution is -0.124. The molecule has 0 saturated heterocycles. The van der Waals surface area contributed by atoms with Crippen LogP contribution in [0.4, 0.5) is 9.59 Å². The molecule has 0 unspecified atom stereocenters. The quantitative estimate of drug-likeness (QED) is 0.130. The Morgan fingerprint density at radius 1 is 0.560 bits per heavy atom. The van der Waals surface area contributed by atoms with E-state index in [-0.39, 0.29) is 19.5 Å². The maximum Gasteiger partial charge on any atom is 0.408 e. The molecule has 3 aromatic rings. The molecule has 6 N–H and O–H groups in total. The van der Waals surface area contributed by atoms with Crippen LogP contribution >= 0.6 is 0 Å². The van der Waals surface area contributed by atoms with Crippen molar-refractivity contribution < 1.29 is 34.1 Å². The highest BCUT2D eigenvalue weighted by atomic mass is 16.6. The van der Waals surface area contributed by atoms with Gasteiger partial charge in [0.2, 0.25) is 5.91 Å². The van der Waals surface area contributed by atoms with E-state index in [1.807, 2.05) is 91.0 Å². The third-order valence-electron chi connectivity index (χ3n) is 7.55. The van der Waals surface area contributed by atoms with Crippen molar-refractivity contribution in [1.82, 2.24) is 21.3 Å². The van der Waals surface area contributed by atoms with Crippen LogP contribution in [-0.4, -0.2) is 82.9 Å². The predicted octanol–water partition coefficient (Wildman–Crippen LogP) is 4.30. The zero-order valence-corrected chi connectivity index (χ0v) is 30.0. The molecule has 11 nitrogen and oxygen atoms in total. The summed E-state index contributed by atoms with van der Waals surface area (Å²) in [5.41, 5.74) is 1.17. The number of aliphatic hydroxyl groups excluding tert-OH is 2. The molecule has 0 aromatic heterocycles. The Kier molecular flexibility index (Phi) is 15.3. The van der Waals surface area contributed by atoms with Crippen LogP contribution in [0.5, 0.6) is 0 Å². The smallest absolute Gasteiger partial charge is 0.408 e. The molecule has 3 amide bonds. The summed E-state index contributed by atoms with van der Waals surface area (Å²) in [5.74, 6) is -0.482. The first-order valence-corrected chi connectivity index (χ1v) is 17.1. The van der Waals surface area contributed by atoms with E-state index in [9.17, 15) is 24.6 Å². The fourth-order valence-electron chi connectivity index (χ4n) is 5.22. The lowest BCUT2D eigenvalue weighted by atomic mass is 9.99. The van der Waals surface area contributed by atoms with Gasteiger partial charge in [-0.05, 0) is 71.1 Å². The standard InChI is InChI=1S/C39H54N4O7/c1-38(2,3)49-36(47)42-31(23-28-18-12-8-13-19-28)34(45)26-40-25-33(44)30(22-27-16-10-7-11-17-27)41-35(46)32(24-29-20-14-9-15-21-29)43-37(48)50-39(4,5)6/h7-21,30-34,40,44-45H,22-26H2,1-6H3,(H,41,46)(H,42,47)(H,43,48)/t30-,31-,32-,33+,34+/m0/s1. The van der Waals surface area contributed by atoms with Crippen LogP contribution in [0.15, 0.2) is 91.0 Å². The SMILES string of the molecule is CC(C)(C)OC(=O)N[C@@H](Cc1ccccc1)C(=O)N[C@@H](Cc1ccccc1)[C@H](O)CNC[C@@H](O)[C@H](Cc1ccccc1)NC(=O)OC(C)(C)C. The average molecular weight is 691 g/mol. The monoisotopic (exact) mass is 690 g/mol. The van der Waals surface area contributed by atoms with Crippen molar-refractivity contribution in [2.45, 2.75) is 102 Å². The van der Waals surface area contributed by atoms with Crippen molar-refractivity contribution in [3.05, 3.63) is 108 Å². The summed E-state index contributed by atoms with van der Waals surface area (Å²) >= 11 is 0. The fraction of sp³-hybridized carbons (Fsp3) is 0.462. The molecule has 3 aromatic carbocycles. The molecule has 11 heteroatoms. The number of amides is 3. The molecule has 0 bridgehead atoms. The first-order chi connectivity index (χ1) is 23.6. The van der Waals surface area contributed by atoms with Gasteiger partial charge in [-0.3, -0.25) is 4.79 Å². The minimum Gasteiger partial charge on any atom is -0.444 e. The number of hydrogen-bond acceptors (Lipinski definition) is 8. The van der Waals surface area contributed by atoms with E-state index in [1.54, 1.807) is 41.5 Å². The van der Waals surface area contributed by atoms with Gasteiger partial charge in [-0.25, -0.2) is 9.59 Å². The summed E-state index contributed by atoms with van der Waals surface area (Å²) in [7, 11) is 0. The zero-order valence-electron chi connectivity index (χ0n) is 30.0. The first-order valence-electron chi connectivity index (χ1n) is 17.1. The number of aliphatic hydroxyl groups is 2. The van der Waals surface area contributed by atoms with E-state index in [4.69, 9.17) is 9.47 Å². The second kappa shape index (κ2) is 19.1. The van der Waals surface area contributed by atoms with E-state index >= 15 is 0 Å². The molecule has 0 radical (unpaired) electrons. The van der Waals surface area contributed by atoms with Gasteiger partial charge in [-0.1, -0.05) is 91.0 Å². The lowest BCUT2D eigenvalue weighted by Crippen LogP contribution is -2.56. The summed E-state index contributed by atoms with van der Waals surface area (Å²) in [6, 6.07) is 25.8. The maximum atomic E-state index is 13.8. The molecule has 0 aliphatic rings. The van der Waals surface area contributed by atoms with Gasteiger partial charge in [0.15, 0.2) is 0 Å². The number of nitrogens with one attached hydrogen (secondary N) is 4. The van der Waals surface area contributed by atoms with Crippen LogP contribution in [0.1, 0.15) is 58.2 Å². The van der Waals surface area contributed by atoms with Crippen molar-refractivity contribution in [2.24, 2.45) is 0 Å². The molecular weight excluding hydrogens is 636 g/mol. The van der Waals surface area contributed by atoms with E-state index in [0.29, 0.717) is 12.8 Å². The Hall–Kier alpha value is -4.45. The predicted molar refractivity (Wildman–Crippen MR) is 194 cm³/mol. The normalized spacial score (nSPS) is 14.7. The zero-order chi connectivity index (χ0) is 36.7. The van der Waals surface area contributed by atoms with Crippen molar-refractivity contribution in [1.29, 1.82) is 0 Å². The summed E-state index contributed by atoms with van der Waals surface area (Å²) in [4.78, 5) is 39.2. The fourth-order valence-corrected chi connectivity index (χ4v) is 5.22. The lowest BCUT2D eigenvalue weighted by Gasteiger charge is -2.29. The molecule has 0 saturated carbocycles. The average Bonchev–Trinajstić information content (AvgIpc) is 3.03. The maximum absolute atomic E-state index is 13.8. The molecule has 0 spiro atoms. The van der Waals surface area contributed by atoms with Crippen molar-refractivity contribution in [3.63, 3.8) is 0 Å². The third kappa shape index (κ3) is 15.4. The van der Waals surface area contributed by atoms with Crippen LogP contribution in [0, 0.1) is 0 Å².